The van der Waals surface area contributed by atoms with Crippen LogP contribution in [0.1, 0.15) is 5.56 Å². The van der Waals surface area contributed by atoms with Gasteiger partial charge in [-0.05, 0) is 29.8 Å². The van der Waals surface area contributed by atoms with Gasteiger partial charge in [0.2, 0.25) is 0 Å². The summed E-state index contributed by atoms with van der Waals surface area (Å²) in [5.41, 5.74) is 5.34. The molecule has 2 N–H and O–H groups in total. The number of imidazole rings is 1. The van der Waals surface area contributed by atoms with E-state index in [-0.39, 0.29) is 6.03 Å². The number of hydrogen-bond donors (Lipinski definition) is 2. The molecule has 122 valence electrons. The summed E-state index contributed by atoms with van der Waals surface area (Å²) in [6.45, 7) is 1.49. The van der Waals surface area contributed by atoms with Crippen molar-refractivity contribution in [2.75, 3.05) is 18.6 Å². The Morgan fingerprint density at radius 3 is 2.88 bits per heavy atom. The molecule has 0 fully saturated rings. The average Bonchev–Trinajstić information content (AvgIpc) is 3.03. The van der Waals surface area contributed by atoms with Gasteiger partial charge in [0.05, 0.1) is 11.0 Å². The predicted octanol–water partition coefficient (Wildman–Crippen LogP) is 2.26. The van der Waals surface area contributed by atoms with Gasteiger partial charge < -0.3 is 14.8 Å². The topological polar surface area (TPSA) is 77.4 Å². The molecule has 0 spiro atoms. The van der Waals surface area contributed by atoms with Crippen LogP contribution in [0, 0.1) is 0 Å². The molecule has 0 saturated heterocycles. The fourth-order valence-electron chi connectivity index (χ4n) is 2.58. The number of fused-ring (bicyclic) bond motifs is 2. The summed E-state index contributed by atoms with van der Waals surface area (Å²) in [6.07, 6.45) is 1.58. The second-order valence-corrected chi connectivity index (χ2v) is 5.38. The number of para-hydroxylation sites is 2. The van der Waals surface area contributed by atoms with E-state index < -0.39 is 0 Å². The Morgan fingerprint density at radius 1 is 1.12 bits per heavy atom. The van der Waals surface area contributed by atoms with Gasteiger partial charge >= 0.3 is 6.03 Å². The molecule has 0 radical (unpaired) electrons. The van der Waals surface area contributed by atoms with Crippen LogP contribution >= 0.6 is 0 Å². The fraction of sp³-hybridized carbons (Fsp3) is 0.176. The van der Waals surface area contributed by atoms with Gasteiger partial charge in [0.1, 0.15) is 19.5 Å². The van der Waals surface area contributed by atoms with E-state index in [1.807, 2.05) is 42.5 Å². The van der Waals surface area contributed by atoms with Crippen LogP contribution in [0.5, 0.6) is 11.5 Å². The van der Waals surface area contributed by atoms with Crippen LogP contribution < -0.4 is 20.2 Å². The lowest BCUT2D eigenvalue weighted by atomic mass is 10.2. The summed E-state index contributed by atoms with van der Waals surface area (Å²) in [7, 11) is 0. The third-order valence-corrected chi connectivity index (χ3v) is 3.74. The molecule has 7 heteroatoms. The van der Waals surface area contributed by atoms with Gasteiger partial charge in [0.25, 0.3) is 0 Å². The van der Waals surface area contributed by atoms with E-state index in [1.165, 1.54) is 0 Å². The number of carbonyl (C=O) groups excluding carboxylic acids is 1. The minimum absolute atomic E-state index is 0.312. The molecule has 0 aliphatic carbocycles. The zero-order valence-electron chi connectivity index (χ0n) is 12.9. The fourth-order valence-corrected chi connectivity index (χ4v) is 2.58. The molecule has 0 unspecified atom stereocenters. The average molecular weight is 324 g/mol. The quantitative estimate of drug-likeness (QED) is 0.775. The van der Waals surface area contributed by atoms with Crippen molar-refractivity contribution >= 4 is 17.1 Å². The van der Waals surface area contributed by atoms with Crippen molar-refractivity contribution in [3.05, 3.63) is 54.4 Å². The minimum Gasteiger partial charge on any atom is -0.486 e. The van der Waals surface area contributed by atoms with Gasteiger partial charge in [-0.2, -0.15) is 0 Å². The molecule has 1 aliphatic rings. The van der Waals surface area contributed by atoms with Gasteiger partial charge in [0.15, 0.2) is 11.5 Å². The van der Waals surface area contributed by atoms with E-state index in [9.17, 15) is 4.79 Å². The number of rotatable bonds is 3. The van der Waals surface area contributed by atoms with Crippen molar-refractivity contribution in [1.82, 2.24) is 15.0 Å². The lowest BCUT2D eigenvalue weighted by molar-refractivity contribution is 0.171. The Bertz CT molecular complexity index is 890. The molecule has 4 rings (SSSR count). The molecule has 0 bridgehead atoms. The molecule has 1 aliphatic heterocycles. The molecule has 2 heterocycles. The maximum absolute atomic E-state index is 12.1. The molecule has 3 aromatic rings. The van der Waals surface area contributed by atoms with Crippen LogP contribution in [0.3, 0.4) is 0 Å². The monoisotopic (exact) mass is 324 g/mol. The second-order valence-electron chi connectivity index (χ2n) is 5.38. The highest BCUT2D eigenvalue weighted by molar-refractivity contribution is 5.85. The van der Waals surface area contributed by atoms with E-state index in [0.29, 0.717) is 25.5 Å². The Hall–Kier alpha value is -3.22. The molecule has 0 atom stereocenters. The number of nitrogens with one attached hydrogen (secondary N) is 2. The Morgan fingerprint density at radius 2 is 1.96 bits per heavy atom. The van der Waals surface area contributed by atoms with Crippen LogP contribution in [0.25, 0.3) is 11.0 Å². The Balaban J connectivity index is 1.40. The number of ether oxygens (including phenoxy) is 2. The van der Waals surface area contributed by atoms with Crippen molar-refractivity contribution < 1.29 is 14.3 Å². The van der Waals surface area contributed by atoms with Crippen molar-refractivity contribution in [3.63, 3.8) is 0 Å². The maximum Gasteiger partial charge on any atom is 0.334 e. The summed E-state index contributed by atoms with van der Waals surface area (Å²) in [6, 6.07) is 12.9. The van der Waals surface area contributed by atoms with Gasteiger partial charge in [-0.1, -0.05) is 18.2 Å². The van der Waals surface area contributed by atoms with Crippen LogP contribution in [-0.2, 0) is 6.54 Å². The summed E-state index contributed by atoms with van der Waals surface area (Å²) >= 11 is 0. The van der Waals surface area contributed by atoms with Crippen molar-refractivity contribution in [1.29, 1.82) is 0 Å². The highest BCUT2D eigenvalue weighted by Gasteiger charge is 2.12. The minimum atomic E-state index is -0.312. The standard InChI is InChI=1S/C17H16N4O3/c22-17(20-21-11-19-13-3-1-2-4-14(13)21)18-10-12-5-6-15-16(9-12)24-8-7-23-15/h1-6,9,11H,7-8,10H2,(H2,18,20,22). The normalized spacial score (nSPS) is 12.8. The summed E-state index contributed by atoms with van der Waals surface area (Å²) in [4.78, 5) is 16.3. The third-order valence-electron chi connectivity index (χ3n) is 3.74. The number of amides is 2. The van der Waals surface area contributed by atoms with Gasteiger partial charge in [-0.3, -0.25) is 0 Å². The van der Waals surface area contributed by atoms with Crippen molar-refractivity contribution in [2.24, 2.45) is 0 Å². The molecular weight excluding hydrogens is 308 g/mol. The second kappa shape index (κ2) is 6.11. The summed E-state index contributed by atoms with van der Waals surface area (Å²) < 4.78 is 12.6. The maximum atomic E-state index is 12.1. The molecule has 2 aromatic carbocycles. The van der Waals surface area contributed by atoms with E-state index in [0.717, 1.165) is 22.3 Å². The number of urea groups is 1. The number of aromatic nitrogens is 2. The summed E-state index contributed by atoms with van der Waals surface area (Å²) in [5, 5.41) is 2.81. The number of hydrogen-bond acceptors (Lipinski definition) is 4. The molecule has 7 nitrogen and oxygen atoms in total. The zero-order valence-corrected chi connectivity index (χ0v) is 12.9. The molecule has 24 heavy (non-hydrogen) atoms. The van der Waals surface area contributed by atoms with Gasteiger partial charge in [-0.15, -0.1) is 0 Å². The lowest BCUT2D eigenvalue weighted by Crippen LogP contribution is -2.33. The van der Waals surface area contributed by atoms with Crippen molar-refractivity contribution in [3.8, 4) is 11.5 Å². The van der Waals surface area contributed by atoms with Crippen LogP contribution in [-0.4, -0.2) is 28.9 Å². The van der Waals surface area contributed by atoms with Crippen LogP contribution in [0.2, 0.25) is 0 Å². The van der Waals surface area contributed by atoms with E-state index >= 15 is 0 Å². The smallest absolute Gasteiger partial charge is 0.334 e. The highest BCUT2D eigenvalue weighted by Crippen LogP contribution is 2.30. The first-order valence-corrected chi connectivity index (χ1v) is 7.65. The number of carbonyl (C=O) groups is 1. The third kappa shape index (κ3) is 2.83. The zero-order chi connectivity index (χ0) is 16.4. The van der Waals surface area contributed by atoms with E-state index in [2.05, 4.69) is 15.7 Å². The first kappa shape index (κ1) is 14.4. The van der Waals surface area contributed by atoms with Crippen LogP contribution in [0.15, 0.2) is 48.8 Å². The van der Waals surface area contributed by atoms with E-state index in [1.54, 1.807) is 11.0 Å². The first-order chi connectivity index (χ1) is 11.8. The Labute approximate surface area is 138 Å². The van der Waals surface area contributed by atoms with Crippen molar-refractivity contribution in [2.45, 2.75) is 6.54 Å². The molecule has 0 saturated carbocycles. The van der Waals surface area contributed by atoms with Crippen LogP contribution in [0.4, 0.5) is 4.79 Å². The number of nitrogens with zero attached hydrogens (tertiary/aromatic N) is 2. The predicted molar refractivity (Wildman–Crippen MR) is 88.8 cm³/mol. The Kier molecular flexibility index (Phi) is 3.66. The van der Waals surface area contributed by atoms with Gasteiger partial charge in [-0.25, -0.2) is 19.9 Å². The summed E-state index contributed by atoms with van der Waals surface area (Å²) in [5.74, 6) is 1.45. The molecule has 1 aromatic heterocycles. The SMILES string of the molecule is O=C(NCc1ccc2c(c1)OCCO2)Nn1cnc2ccccc21. The van der Waals surface area contributed by atoms with E-state index in [4.69, 9.17) is 9.47 Å². The lowest BCUT2D eigenvalue weighted by Gasteiger charge is -2.19. The molecule has 2 amide bonds. The first-order valence-electron chi connectivity index (χ1n) is 7.65. The van der Waals surface area contributed by atoms with Gasteiger partial charge in [0, 0.05) is 6.54 Å². The number of benzene rings is 2. The largest absolute Gasteiger partial charge is 0.486 e. The molecular formula is C17H16N4O3. The highest BCUT2D eigenvalue weighted by atomic mass is 16.6.